The van der Waals surface area contributed by atoms with E-state index in [-0.39, 0.29) is 0 Å². The third-order valence-electron chi connectivity index (χ3n) is 4.16. The van der Waals surface area contributed by atoms with Gasteiger partial charge < -0.3 is 4.57 Å². The van der Waals surface area contributed by atoms with Gasteiger partial charge in [-0.25, -0.2) is 4.98 Å². The Balaban J connectivity index is 2.08. The van der Waals surface area contributed by atoms with Crippen molar-refractivity contribution in [2.45, 2.75) is 57.9 Å². The van der Waals surface area contributed by atoms with Crippen molar-refractivity contribution in [3.8, 4) is 0 Å². The first-order chi connectivity index (χ1) is 9.29. The third kappa shape index (κ3) is 2.51. The van der Waals surface area contributed by atoms with Gasteiger partial charge in [0.1, 0.15) is 5.82 Å². The van der Waals surface area contributed by atoms with Gasteiger partial charge in [0.2, 0.25) is 0 Å². The molecule has 0 aliphatic heterocycles. The van der Waals surface area contributed by atoms with E-state index in [0.29, 0.717) is 5.92 Å². The van der Waals surface area contributed by atoms with Gasteiger partial charge >= 0.3 is 0 Å². The Hall–Kier alpha value is -1.02. The Bertz CT molecular complexity index is 567. The Kier molecular flexibility index (Phi) is 3.79. The minimum Gasteiger partial charge on any atom is -0.328 e. The minimum atomic E-state index is 0.645. The standard InChI is InChI=1S/C16H21ClN2/c1-2-10-19-15-11-13(17)8-9-14(15)18-16(19)12-6-4-3-5-7-12/h8-9,11-12H,2-7,10H2,1H3. The lowest BCUT2D eigenvalue weighted by molar-refractivity contribution is 0.416. The van der Waals surface area contributed by atoms with Crippen LogP contribution in [0, 0.1) is 0 Å². The van der Waals surface area contributed by atoms with Crippen molar-refractivity contribution < 1.29 is 0 Å². The Labute approximate surface area is 119 Å². The van der Waals surface area contributed by atoms with Crippen LogP contribution in [0.15, 0.2) is 18.2 Å². The molecule has 1 aliphatic rings. The molecule has 2 nitrogen and oxygen atoms in total. The van der Waals surface area contributed by atoms with Crippen LogP contribution >= 0.6 is 11.6 Å². The summed E-state index contributed by atoms with van der Waals surface area (Å²) in [5.74, 6) is 1.94. The lowest BCUT2D eigenvalue weighted by Crippen LogP contribution is -2.12. The SMILES string of the molecule is CCCn1c(C2CCCCC2)nc2ccc(Cl)cc21. The molecule has 0 unspecified atom stereocenters. The summed E-state index contributed by atoms with van der Waals surface area (Å²) in [7, 11) is 0. The number of hydrogen-bond donors (Lipinski definition) is 0. The molecule has 0 spiro atoms. The van der Waals surface area contributed by atoms with E-state index < -0.39 is 0 Å². The van der Waals surface area contributed by atoms with Crippen LogP contribution in [-0.4, -0.2) is 9.55 Å². The molecule has 1 heterocycles. The van der Waals surface area contributed by atoms with Crippen LogP contribution in [0.25, 0.3) is 11.0 Å². The zero-order valence-corrected chi connectivity index (χ0v) is 12.3. The average Bonchev–Trinajstić information content (AvgIpc) is 2.79. The first kappa shape index (κ1) is 13.0. The highest BCUT2D eigenvalue weighted by molar-refractivity contribution is 6.31. The molecule has 3 rings (SSSR count). The molecular weight excluding hydrogens is 256 g/mol. The second-order valence-corrected chi connectivity index (χ2v) is 6.03. The monoisotopic (exact) mass is 276 g/mol. The van der Waals surface area contributed by atoms with Gasteiger partial charge in [0.25, 0.3) is 0 Å². The lowest BCUT2D eigenvalue weighted by atomic mass is 9.88. The summed E-state index contributed by atoms with van der Waals surface area (Å²) in [5, 5.41) is 0.806. The van der Waals surface area contributed by atoms with Crippen LogP contribution in [0.4, 0.5) is 0 Å². The fourth-order valence-electron chi connectivity index (χ4n) is 3.25. The largest absolute Gasteiger partial charge is 0.328 e. The second-order valence-electron chi connectivity index (χ2n) is 5.59. The van der Waals surface area contributed by atoms with E-state index in [9.17, 15) is 0 Å². The Morgan fingerprint density at radius 3 is 2.79 bits per heavy atom. The minimum absolute atomic E-state index is 0.645. The van der Waals surface area contributed by atoms with Gasteiger partial charge in [0, 0.05) is 17.5 Å². The number of aryl methyl sites for hydroxylation is 1. The predicted octanol–water partition coefficient (Wildman–Crippen LogP) is 5.15. The van der Waals surface area contributed by atoms with Crippen LogP contribution in [0.3, 0.4) is 0 Å². The molecular formula is C16H21ClN2. The summed E-state index contributed by atoms with van der Waals surface area (Å²) in [4.78, 5) is 4.90. The van der Waals surface area contributed by atoms with Crippen molar-refractivity contribution in [1.29, 1.82) is 0 Å². The lowest BCUT2D eigenvalue weighted by Gasteiger charge is -2.22. The molecule has 0 atom stereocenters. The van der Waals surface area contributed by atoms with Crippen LogP contribution in [0.1, 0.15) is 57.2 Å². The van der Waals surface area contributed by atoms with E-state index in [1.54, 1.807) is 0 Å². The van der Waals surface area contributed by atoms with Gasteiger partial charge in [-0.2, -0.15) is 0 Å². The van der Waals surface area contributed by atoms with Crippen molar-refractivity contribution in [1.82, 2.24) is 9.55 Å². The van der Waals surface area contributed by atoms with Gasteiger partial charge in [-0.05, 0) is 37.5 Å². The van der Waals surface area contributed by atoms with Crippen molar-refractivity contribution in [3.63, 3.8) is 0 Å². The fourth-order valence-corrected chi connectivity index (χ4v) is 3.41. The smallest absolute Gasteiger partial charge is 0.112 e. The predicted molar refractivity (Wildman–Crippen MR) is 80.9 cm³/mol. The number of halogens is 1. The average molecular weight is 277 g/mol. The Morgan fingerprint density at radius 2 is 2.05 bits per heavy atom. The molecule has 1 saturated carbocycles. The third-order valence-corrected chi connectivity index (χ3v) is 4.39. The maximum atomic E-state index is 6.14. The van der Waals surface area contributed by atoms with Gasteiger partial charge in [0.05, 0.1) is 11.0 Å². The summed E-state index contributed by atoms with van der Waals surface area (Å²) >= 11 is 6.14. The maximum absolute atomic E-state index is 6.14. The summed E-state index contributed by atoms with van der Waals surface area (Å²) in [6, 6.07) is 6.06. The summed E-state index contributed by atoms with van der Waals surface area (Å²) in [6.45, 7) is 3.27. The molecule has 1 fully saturated rings. The highest BCUT2D eigenvalue weighted by Crippen LogP contribution is 2.34. The van der Waals surface area contributed by atoms with Crippen LogP contribution in [0.2, 0.25) is 5.02 Å². The zero-order valence-electron chi connectivity index (χ0n) is 11.5. The van der Waals surface area contributed by atoms with Crippen LogP contribution in [-0.2, 0) is 6.54 Å². The van der Waals surface area contributed by atoms with Crippen molar-refractivity contribution >= 4 is 22.6 Å². The molecule has 0 radical (unpaired) electrons. The molecule has 3 heteroatoms. The van der Waals surface area contributed by atoms with E-state index in [0.717, 1.165) is 23.5 Å². The number of hydrogen-bond acceptors (Lipinski definition) is 1. The van der Waals surface area contributed by atoms with Crippen molar-refractivity contribution in [2.75, 3.05) is 0 Å². The quantitative estimate of drug-likeness (QED) is 0.758. The van der Waals surface area contributed by atoms with Crippen LogP contribution < -0.4 is 0 Å². The molecule has 1 aromatic heterocycles. The zero-order chi connectivity index (χ0) is 13.2. The van der Waals surface area contributed by atoms with Crippen molar-refractivity contribution in [2.24, 2.45) is 0 Å². The van der Waals surface area contributed by atoms with E-state index in [1.165, 1.54) is 43.4 Å². The molecule has 0 saturated heterocycles. The second kappa shape index (κ2) is 5.54. The molecule has 0 bridgehead atoms. The number of imidazole rings is 1. The Morgan fingerprint density at radius 1 is 1.26 bits per heavy atom. The van der Waals surface area contributed by atoms with Gasteiger partial charge in [-0.3, -0.25) is 0 Å². The molecule has 19 heavy (non-hydrogen) atoms. The highest BCUT2D eigenvalue weighted by Gasteiger charge is 2.22. The van der Waals surface area contributed by atoms with Crippen LogP contribution in [0.5, 0.6) is 0 Å². The molecule has 1 aliphatic carbocycles. The molecule has 1 aromatic carbocycles. The summed E-state index contributed by atoms with van der Waals surface area (Å²) < 4.78 is 2.40. The first-order valence-electron chi connectivity index (χ1n) is 7.45. The van der Waals surface area contributed by atoms with E-state index in [4.69, 9.17) is 16.6 Å². The molecule has 0 N–H and O–H groups in total. The number of fused-ring (bicyclic) bond motifs is 1. The van der Waals surface area contributed by atoms with Crippen molar-refractivity contribution in [3.05, 3.63) is 29.0 Å². The first-order valence-corrected chi connectivity index (χ1v) is 7.83. The number of benzene rings is 1. The van der Waals surface area contributed by atoms with E-state index in [1.807, 2.05) is 6.07 Å². The highest BCUT2D eigenvalue weighted by atomic mass is 35.5. The topological polar surface area (TPSA) is 17.8 Å². The number of rotatable bonds is 3. The fraction of sp³-hybridized carbons (Fsp3) is 0.562. The summed E-state index contributed by atoms with van der Waals surface area (Å²) in [5.41, 5.74) is 2.30. The molecule has 102 valence electrons. The normalized spacial score (nSPS) is 17.2. The van der Waals surface area contributed by atoms with E-state index in [2.05, 4.69) is 23.6 Å². The number of nitrogens with zero attached hydrogens (tertiary/aromatic N) is 2. The number of aromatic nitrogens is 2. The van der Waals surface area contributed by atoms with Gasteiger partial charge in [0.15, 0.2) is 0 Å². The maximum Gasteiger partial charge on any atom is 0.112 e. The molecule has 0 amide bonds. The van der Waals surface area contributed by atoms with Gasteiger partial charge in [-0.1, -0.05) is 37.8 Å². The van der Waals surface area contributed by atoms with E-state index >= 15 is 0 Å². The summed E-state index contributed by atoms with van der Waals surface area (Å²) in [6.07, 6.45) is 7.80. The van der Waals surface area contributed by atoms with Gasteiger partial charge in [-0.15, -0.1) is 0 Å². The molecule has 2 aromatic rings.